The van der Waals surface area contributed by atoms with Crippen molar-refractivity contribution >= 4 is 23.7 Å². The summed E-state index contributed by atoms with van der Waals surface area (Å²) in [6.07, 6.45) is 1.13. The van der Waals surface area contributed by atoms with Crippen molar-refractivity contribution in [2.75, 3.05) is 0 Å². The topological polar surface area (TPSA) is 131 Å². The molecule has 4 N–H and O–H groups in total. The van der Waals surface area contributed by atoms with Gasteiger partial charge in [0, 0.05) is 5.25 Å². The first-order valence-corrected chi connectivity index (χ1v) is 7.64. The molecule has 1 aromatic heterocycles. The van der Waals surface area contributed by atoms with Gasteiger partial charge in [-0.3, -0.25) is 9.59 Å². The van der Waals surface area contributed by atoms with Crippen LogP contribution in [-0.2, 0) is 16.1 Å². The SMILES string of the molecule is N[C@H](C(=O)O)C(CC(=O)O)Sc1ncn(Cc2ccccc2)n1. The number of nitrogens with two attached hydrogens (primary N) is 1. The number of carboxylic acids is 2. The highest BCUT2D eigenvalue weighted by atomic mass is 32.2. The molecule has 9 heteroatoms. The second-order valence-electron chi connectivity index (χ2n) is 4.83. The van der Waals surface area contributed by atoms with Crippen LogP contribution in [0.4, 0.5) is 0 Å². The minimum absolute atomic E-state index is 0.295. The molecule has 122 valence electrons. The summed E-state index contributed by atoms with van der Waals surface area (Å²) in [4.78, 5) is 25.9. The van der Waals surface area contributed by atoms with Gasteiger partial charge in [0.15, 0.2) is 0 Å². The molecule has 2 rings (SSSR count). The highest BCUT2D eigenvalue weighted by Gasteiger charge is 2.28. The molecule has 0 spiro atoms. The van der Waals surface area contributed by atoms with Gasteiger partial charge in [0.25, 0.3) is 0 Å². The van der Waals surface area contributed by atoms with Crippen molar-refractivity contribution in [3.63, 3.8) is 0 Å². The first-order valence-electron chi connectivity index (χ1n) is 6.76. The average Bonchev–Trinajstić information content (AvgIpc) is 2.93. The number of aromatic nitrogens is 3. The zero-order valence-electron chi connectivity index (χ0n) is 12.1. The van der Waals surface area contributed by atoms with Crippen molar-refractivity contribution in [2.24, 2.45) is 5.73 Å². The Morgan fingerprint density at radius 2 is 1.96 bits per heavy atom. The lowest BCUT2D eigenvalue weighted by molar-refractivity contribution is -0.139. The molecule has 0 radical (unpaired) electrons. The number of nitrogens with zero attached hydrogens (tertiary/aromatic N) is 3. The summed E-state index contributed by atoms with van der Waals surface area (Å²) in [5.41, 5.74) is 6.58. The Kier molecular flexibility index (Phi) is 5.72. The molecule has 1 aromatic carbocycles. The zero-order chi connectivity index (χ0) is 16.8. The fourth-order valence-electron chi connectivity index (χ4n) is 1.89. The standard InChI is InChI=1S/C14H16N4O4S/c15-12(13(21)22)10(6-11(19)20)23-14-16-8-18(17-14)7-9-4-2-1-3-5-9/h1-5,8,10,12H,6-7,15H2,(H,19,20)(H,21,22)/t10?,12-/m0/s1. The number of carboxylic acid groups (broad SMARTS) is 2. The third-order valence-electron chi connectivity index (χ3n) is 3.02. The molecule has 0 saturated carbocycles. The van der Waals surface area contributed by atoms with E-state index in [-0.39, 0.29) is 6.42 Å². The number of thioether (sulfide) groups is 1. The van der Waals surface area contributed by atoms with Gasteiger partial charge < -0.3 is 15.9 Å². The summed E-state index contributed by atoms with van der Waals surface area (Å²) in [5, 5.41) is 21.5. The van der Waals surface area contributed by atoms with Crippen molar-refractivity contribution in [3.8, 4) is 0 Å². The van der Waals surface area contributed by atoms with Gasteiger partial charge in [-0.05, 0) is 5.56 Å². The Morgan fingerprint density at radius 1 is 1.26 bits per heavy atom. The molecule has 0 fully saturated rings. The third-order valence-corrected chi connectivity index (χ3v) is 4.18. The second kappa shape index (κ2) is 7.75. The third kappa shape index (κ3) is 5.08. The molecule has 0 saturated heterocycles. The smallest absolute Gasteiger partial charge is 0.321 e. The molecule has 0 aliphatic rings. The van der Waals surface area contributed by atoms with Crippen LogP contribution >= 0.6 is 11.8 Å². The average molecular weight is 336 g/mol. The van der Waals surface area contributed by atoms with Crippen LogP contribution in [0.5, 0.6) is 0 Å². The molecule has 1 unspecified atom stereocenters. The van der Waals surface area contributed by atoms with Crippen molar-refractivity contribution in [2.45, 2.75) is 29.4 Å². The maximum Gasteiger partial charge on any atom is 0.321 e. The Morgan fingerprint density at radius 3 is 2.57 bits per heavy atom. The lowest BCUT2D eigenvalue weighted by Gasteiger charge is -2.16. The summed E-state index contributed by atoms with van der Waals surface area (Å²) in [5.74, 6) is -2.38. The van der Waals surface area contributed by atoms with Gasteiger partial charge in [-0.25, -0.2) is 9.67 Å². The fraction of sp³-hybridized carbons (Fsp3) is 0.286. The van der Waals surface area contributed by atoms with E-state index in [1.54, 1.807) is 4.68 Å². The summed E-state index contributed by atoms with van der Waals surface area (Å²) >= 11 is 0.955. The Balaban J connectivity index is 2.06. The number of hydrogen-bond donors (Lipinski definition) is 3. The summed E-state index contributed by atoms with van der Waals surface area (Å²) in [6, 6.07) is 8.32. The lowest BCUT2D eigenvalue weighted by atomic mass is 10.1. The monoisotopic (exact) mass is 336 g/mol. The van der Waals surface area contributed by atoms with E-state index in [0.29, 0.717) is 11.7 Å². The second-order valence-corrected chi connectivity index (χ2v) is 6.03. The molecule has 2 aromatic rings. The van der Waals surface area contributed by atoms with E-state index >= 15 is 0 Å². The Labute approximate surface area is 136 Å². The van der Waals surface area contributed by atoms with E-state index in [1.807, 2.05) is 30.3 Å². The van der Waals surface area contributed by atoms with Gasteiger partial charge in [-0.2, -0.15) is 0 Å². The predicted octanol–water partition coefficient (Wildman–Crippen LogP) is 0.674. The van der Waals surface area contributed by atoms with Crippen LogP contribution < -0.4 is 5.73 Å². The number of benzene rings is 1. The van der Waals surface area contributed by atoms with E-state index in [1.165, 1.54) is 6.33 Å². The van der Waals surface area contributed by atoms with Crippen LogP contribution in [0.3, 0.4) is 0 Å². The molecular weight excluding hydrogens is 320 g/mol. The van der Waals surface area contributed by atoms with Gasteiger partial charge in [0.05, 0.1) is 13.0 Å². The largest absolute Gasteiger partial charge is 0.481 e. The summed E-state index contributed by atoms with van der Waals surface area (Å²) in [7, 11) is 0. The first kappa shape index (κ1) is 17.0. The molecule has 8 nitrogen and oxygen atoms in total. The maximum atomic E-state index is 11.0. The fourth-order valence-corrected chi connectivity index (χ4v) is 2.91. The highest BCUT2D eigenvalue weighted by Crippen LogP contribution is 2.24. The Hall–Kier alpha value is -2.39. The van der Waals surface area contributed by atoms with Gasteiger partial charge in [-0.15, -0.1) is 5.10 Å². The molecule has 1 heterocycles. The number of aliphatic carboxylic acids is 2. The first-order chi connectivity index (χ1) is 11.0. The number of hydrogen-bond acceptors (Lipinski definition) is 6. The zero-order valence-corrected chi connectivity index (χ0v) is 12.9. The molecule has 0 amide bonds. The van der Waals surface area contributed by atoms with Crippen LogP contribution in [0.1, 0.15) is 12.0 Å². The summed E-state index contributed by atoms with van der Waals surface area (Å²) < 4.78 is 1.60. The predicted molar refractivity (Wildman–Crippen MR) is 83.1 cm³/mol. The minimum atomic E-state index is -1.31. The van der Waals surface area contributed by atoms with Crippen LogP contribution in [0.25, 0.3) is 0 Å². The van der Waals surface area contributed by atoms with E-state index < -0.39 is 23.2 Å². The van der Waals surface area contributed by atoms with Crippen LogP contribution in [0.15, 0.2) is 41.8 Å². The van der Waals surface area contributed by atoms with Gasteiger partial charge in [-0.1, -0.05) is 42.1 Å². The molecule has 0 bridgehead atoms. The van der Waals surface area contributed by atoms with Gasteiger partial charge in [0.1, 0.15) is 12.4 Å². The Bertz CT molecular complexity index is 676. The van der Waals surface area contributed by atoms with E-state index in [0.717, 1.165) is 17.3 Å². The molecule has 2 atom stereocenters. The van der Waals surface area contributed by atoms with Crippen molar-refractivity contribution < 1.29 is 19.8 Å². The number of carbonyl (C=O) groups is 2. The van der Waals surface area contributed by atoms with Crippen molar-refractivity contribution in [3.05, 3.63) is 42.2 Å². The van der Waals surface area contributed by atoms with Gasteiger partial charge in [0.2, 0.25) is 5.16 Å². The van der Waals surface area contributed by atoms with Crippen molar-refractivity contribution in [1.29, 1.82) is 0 Å². The molecule has 0 aliphatic heterocycles. The van der Waals surface area contributed by atoms with Crippen LogP contribution in [-0.4, -0.2) is 48.2 Å². The summed E-state index contributed by atoms with van der Waals surface area (Å²) in [6.45, 7) is 0.517. The number of rotatable bonds is 8. The lowest BCUT2D eigenvalue weighted by Crippen LogP contribution is -2.41. The van der Waals surface area contributed by atoms with Gasteiger partial charge >= 0.3 is 11.9 Å². The molecule has 0 aliphatic carbocycles. The van der Waals surface area contributed by atoms with Crippen LogP contribution in [0, 0.1) is 0 Å². The maximum absolute atomic E-state index is 11.0. The van der Waals surface area contributed by atoms with Crippen LogP contribution in [0.2, 0.25) is 0 Å². The van der Waals surface area contributed by atoms with E-state index in [4.69, 9.17) is 15.9 Å². The van der Waals surface area contributed by atoms with Crippen molar-refractivity contribution in [1.82, 2.24) is 14.8 Å². The van der Waals surface area contributed by atoms with E-state index in [9.17, 15) is 9.59 Å². The molecule has 23 heavy (non-hydrogen) atoms. The highest BCUT2D eigenvalue weighted by molar-refractivity contribution is 7.99. The van der Waals surface area contributed by atoms with E-state index in [2.05, 4.69) is 10.1 Å². The normalized spacial score (nSPS) is 13.4. The molecular formula is C14H16N4O4S. The minimum Gasteiger partial charge on any atom is -0.481 e. The quantitative estimate of drug-likeness (QED) is 0.600.